The Balaban J connectivity index is 0.978. The van der Waals surface area contributed by atoms with Gasteiger partial charge in [0.25, 0.3) is 0 Å². The fraction of sp³-hybridized carbons (Fsp3) is 0.485. The zero-order valence-electron chi connectivity index (χ0n) is 26.1. The number of aryl methyl sites for hydroxylation is 1. The number of benzene rings is 1. The summed E-state index contributed by atoms with van der Waals surface area (Å²) < 4.78 is 18.3. The Morgan fingerprint density at radius 1 is 1.19 bits per heavy atom. The Hall–Kier alpha value is -4.03. The van der Waals surface area contributed by atoms with Gasteiger partial charge in [0.1, 0.15) is 30.4 Å². The van der Waals surface area contributed by atoms with E-state index in [1.807, 2.05) is 42.1 Å². The van der Waals surface area contributed by atoms with Crippen molar-refractivity contribution in [2.24, 2.45) is 0 Å². The number of aliphatic hydroxyl groups is 1. The van der Waals surface area contributed by atoms with Crippen molar-refractivity contribution in [1.29, 1.82) is 0 Å². The second-order valence-corrected chi connectivity index (χ2v) is 13.7. The number of aromatic nitrogens is 3. The average molecular weight is 697 g/mol. The molecule has 0 aliphatic carbocycles. The van der Waals surface area contributed by atoms with Crippen molar-refractivity contribution in [1.82, 2.24) is 25.2 Å². The van der Waals surface area contributed by atoms with Gasteiger partial charge in [0, 0.05) is 30.0 Å². The average Bonchev–Trinajstić information content (AvgIpc) is 3.84. The van der Waals surface area contributed by atoms with E-state index in [0.717, 1.165) is 30.6 Å². The Morgan fingerprint density at radius 3 is 2.83 bits per heavy atom. The molecule has 0 radical (unpaired) electrons. The molecule has 3 saturated heterocycles. The van der Waals surface area contributed by atoms with Crippen LogP contribution in [-0.2, 0) is 25.4 Å². The fourth-order valence-corrected chi connectivity index (χ4v) is 7.99. The number of terminal acetylenes is 1. The van der Waals surface area contributed by atoms with Crippen LogP contribution in [0.3, 0.4) is 0 Å². The minimum atomic E-state index is -1.62. The van der Waals surface area contributed by atoms with Crippen LogP contribution in [0.1, 0.15) is 50.3 Å². The lowest BCUT2D eigenvalue weighted by molar-refractivity contribution is -0.116. The minimum absolute atomic E-state index is 0.0768. The topological polar surface area (TPSA) is 166 Å². The van der Waals surface area contributed by atoms with E-state index in [4.69, 9.17) is 32.2 Å². The van der Waals surface area contributed by atoms with Gasteiger partial charge in [-0.15, -0.1) is 6.42 Å². The first-order chi connectivity index (χ1) is 23.2. The number of carbonyl (C=O) groups is 3. The third kappa shape index (κ3) is 7.65. The Kier molecular flexibility index (Phi) is 10.6. The van der Waals surface area contributed by atoms with Crippen LogP contribution in [0.15, 0.2) is 42.6 Å². The largest absolute Gasteiger partial charge is 0.508 e. The highest BCUT2D eigenvalue weighted by Gasteiger charge is 2.49. The molecular weight excluding hydrogens is 660 g/mol. The first-order valence-corrected chi connectivity index (χ1v) is 17.4. The van der Waals surface area contributed by atoms with Crippen LogP contribution in [0, 0.1) is 12.3 Å². The number of nitrogens with zero attached hydrogens (tertiary/aromatic N) is 3. The van der Waals surface area contributed by atoms with Crippen LogP contribution in [0.2, 0.25) is 5.28 Å². The second-order valence-electron chi connectivity index (χ2n) is 12.1. The standard InChI is InChI=1S/C33H37ClN6O7S/c1-2-33(19-46-32(44)45-16-8-4-7-11-23-27-22(18-48-23)35-31(43)37-27)24(41)17-26(47-33)40-15-14-21-28(38-30(34)39-29(21)40)36-25(42)13-12-20-9-5-3-6-10-20/h1,3,5-6,9-10,14-15,22-24,26-27,41H,4,7-8,11-13,16-19H2,(H2,35,37,43)(H,36,38,39,42)/t22-,23-,24-,26+,27-,33+/m0/s1. The summed E-state index contributed by atoms with van der Waals surface area (Å²) in [6.07, 6.45) is 8.95. The summed E-state index contributed by atoms with van der Waals surface area (Å²) in [6.45, 7) is -0.240. The molecule has 0 saturated carbocycles. The predicted octanol–water partition coefficient (Wildman–Crippen LogP) is 4.19. The van der Waals surface area contributed by atoms with Crippen LogP contribution in [0.25, 0.3) is 11.0 Å². The SMILES string of the molecule is C#C[C@]1(COC(=O)OCCCCC[C@@H]2SC[C@@H]3NC(=O)N[C@@H]32)O[C@@H](n2ccc3c(NC(=O)CCc4ccccc4)nc(Cl)nc32)C[C@@H]1O. The lowest BCUT2D eigenvalue weighted by atomic mass is 9.99. The van der Waals surface area contributed by atoms with Gasteiger partial charge < -0.3 is 39.8 Å². The molecule has 254 valence electrons. The number of urea groups is 1. The van der Waals surface area contributed by atoms with Gasteiger partial charge in [0.2, 0.25) is 11.2 Å². The normalized spacial score (nSPS) is 26.0. The molecule has 6 rings (SSSR count). The van der Waals surface area contributed by atoms with E-state index in [1.54, 1.807) is 16.8 Å². The first-order valence-electron chi connectivity index (χ1n) is 15.9. The van der Waals surface area contributed by atoms with Crippen molar-refractivity contribution in [2.45, 2.75) is 80.2 Å². The molecule has 48 heavy (non-hydrogen) atoms. The maximum atomic E-state index is 12.7. The number of hydrogen-bond acceptors (Lipinski definition) is 10. The maximum Gasteiger partial charge on any atom is 0.508 e. The summed E-state index contributed by atoms with van der Waals surface area (Å²) in [5.41, 5.74) is -0.207. The van der Waals surface area contributed by atoms with E-state index in [2.05, 4.69) is 31.8 Å². The van der Waals surface area contributed by atoms with E-state index in [-0.39, 0.29) is 54.6 Å². The Labute approximate surface area is 286 Å². The van der Waals surface area contributed by atoms with Crippen LogP contribution in [0.5, 0.6) is 0 Å². The minimum Gasteiger partial charge on any atom is -0.434 e. The highest BCUT2D eigenvalue weighted by molar-refractivity contribution is 8.00. The summed E-state index contributed by atoms with van der Waals surface area (Å²) in [7, 11) is 0. The third-order valence-corrected chi connectivity index (χ3v) is 10.5. The lowest BCUT2D eigenvalue weighted by Gasteiger charge is -2.26. The predicted molar refractivity (Wildman–Crippen MR) is 179 cm³/mol. The molecular formula is C33H37ClN6O7S. The molecule has 0 bridgehead atoms. The third-order valence-electron chi connectivity index (χ3n) is 8.85. The quantitative estimate of drug-likeness (QED) is 0.0670. The number of aliphatic hydroxyl groups excluding tert-OH is 1. The Morgan fingerprint density at radius 2 is 2.02 bits per heavy atom. The van der Waals surface area contributed by atoms with Gasteiger partial charge in [0.05, 0.1) is 24.1 Å². The molecule has 0 unspecified atom stereocenters. The van der Waals surface area contributed by atoms with E-state index in [1.165, 1.54) is 0 Å². The molecule has 15 heteroatoms. The Bertz CT molecular complexity index is 1690. The van der Waals surface area contributed by atoms with Gasteiger partial charge in [-0.25, -0.2) is 9.59 Å². The number of rotatable bonds is 13. The van der Waals surface area contributed by atoms with E-state index in [9.17, 15) is 19.5 Å². The first kappa shape index (κ1) is 33.9. The van der Waals surface area contributed by atoms with Gasteiger partial charge >= 0.3 is 12.2 Å². The number of hydrogen-bond donors (Lipinski definition) is 4. The fourth-order valence-electron chi connectivity index (χ4n) is 6.29. The molecule has 3 fully saturated rings. The van der Waals surface area contributed by atoms with Crippen LogP contribution < -0.4 is 16.0 Å². The molecule has 3 aliphatic heterocycles. The van der Waals surface area contributed by atoms with E-state index >= 15 is 0 Å². The van der Waals surface area contributed by atoms with Crippen LogP contribution in [0.4, 0.5) is 15.4 Å². The van der Waals surface area contributed by atoms with Gasteiger partial charge in [0.15, 0.2) is 5.60 Å². The van der Waals surface area contributed by atoms with Crippen molar-refractivity contribution in [3.8, 4) is 12.3 Å². The number of anilines is 1. The van der Waals surface area contributed by atoms with Crippen molar-refractivity contribution in [3.05, 3.63) is 53.4 Å². The van der Waals surface area contributed by atoms with Gasteiger partial charge in [-0.05, 0) is 42.5 Å². The van der Waals surface area contributed by atoms with E-state index < -0.39 is 30.7 Å². The molecule has 1 aromatic carbocycles. The molecule has 4 N–H and O–H groups in total. The van der Waals surface area contributed by atoms with Crippen molar-refractivity contribution in [3.63, 3.8) is 0 Å². The van der Waals surface area contributed by atoms with Gasteiger partial charge in [-0.3, -0.25) is 4.79 Å². The summed E-state index contributed by atoms with van der Waals surface area (Å²) in [4.78, 5) is 45.2. The highest BCUT2D eigenvalue weighted by Crippen LogP contribution is 2.39. The molecule has 5 heterocycles. The number of carbonyl (C=O) groups excluding carboxylic acids is 3. The summed E-state index contributed by atoms with van der Waals surface area (Å²) >= 11 is 8.11. The number of fused-ring (bicyclic) bond motifs is 2. The number of nitrogens with one attached hydrogen (secondary N) is 3. The zero-order valence-corrected chi connectivity index (χ0v) is 27.7. The second kappa shape index (κ2) is 15.0. The lowest BCUT2D eigenvalue weighted by Crippen LogP contribution is -2.43. The summed E-state index contributed by atoms with van der Waals surface area (Å²) in [5.74, 6) is 3.40. The maximum absolute atomic E-state index is 12.7. The molecule has 13 nitrogen and oxygen atoms in total. The monoisotopic (exact) mass is 696 g/mol. The number of unbranched alkanes of at least 4 members (excludes halogenated alkanes) is 2. The molecule has 3 aliphatic rings. The van der Waals surface area contributed by atoms with Crippen LogP contribution >= 0.6 is 23.4 Å². The van der Waals surface area contributed by atoms with Crippen molar-refractivity contribution < 1.29 is 33.7 Å². The van der Waals surface area contributed by atoms with Gasteiger partial charge in [-0.2, -0.15) is 21.7 Å². The summed E-state index contributed by atoms with van der Waals surface area (Å²) in [6, 6.07) is 11.7. The van der Waals surface area contributed by atoms with E-state index in [0.29, 0.717) is 29.1 Å². The molecule has 2 aromatic heterocycles. The molecule has 3 aromatic rings. The summed E-state index contributed by atoms with van der Waals surface area (Å²) in [5, 5.41) is 20.5. The van der Waals surface area contributed by atoms with Crippen molar-refractivity contribution >= 4 is 58.3 Å². The smallest absolute Gasteiger partial charge is 0.434 e. The number of halogens is 1. The highest BCUT2D eigenvalue weighted by atomic mass is 35.5. The number of amides is 3. The number of thioether (sulfide) groups is 1. The van der Waals surface area contributed by atoms with Crippen LogP contribution in [-0.4, -0.2) is 85.7 Å². The molecule has 6 atom stereocenters. The molecule has 0 spiro atoms. The molecule has 3 amide bonds. The van der Waals surface area contributed by atoms with Gasteiger partial charge in [-0.1, -0.05) is 49.1 Å². The zero-order chi connectivity index (χ0) is 33.7. The van der Waals surface area contributed by atoms with Crippen molar-refractivity contribution in [2.75, 3.05) is 24.3 Å². The number of ether oxygens (including phenoxy) is 3.